The molecule has 0 spiro atoms. The second kappa shape index (κ2) is 5.65. The highest BCUT2D eigenvalue weighted by Gasteiger charge is 2.24. The highest BCUT2D eigenvalue weighted by Crippen LogP contribution is 2.20. The Morgan fingerprint density at radius 3 is 2.88 bits per heavy atom. The van der Waals surface area contributed by atoms with E-state index in [1.807, 2.05) is 24.0 Å². The van der Waals surface area contributed by atoms with Crippen LogP contribution in [0.2, 0.25) is 0 Å². The summed E-state index contributed by atoms with van der Waals surface area (Å²) in [6.45, 7) is 2.11. The van der Waals surface area contributed by atoms with Crippen LogP contribution < -0.4 is 5.32 Å². The van der Waals surface area contributed by atoms with Crippen molar-refractivity contribution in [3.8, 4) is 0 Å². The van der Waals surface area contributed by atoms with Crippen molar-refractivity contribution in [3.63, 3.8) is 0 Å². The van der Waals surface area contributed by atoms with Gasteiger partial charge in [0.1, 0.15) is 5.82 Å². The zero-order valence-electron chi connectivity index (χ0n) is 10.8. The maximum absolute atomic E-state index is 10.1. The minimum absolute atomic E-state index is 0.188. The van der Waals surface area contributed by atoms with E-state index in [0.29, 0.717) is 0 Å². The SMILES string of the molecule is CC(NC1CCCCCC1O)c1nccn1C. The maximum Gasteiger partial charge on any atom is 0.125 e. The van der Waals surface area contributed by atoms with E-state index in [4.69, 9.17) is 0 Å². The number of rotatable bonds is 3. The number of aryl methyl sites for hydroxylation is 1. The van der Waals surface area contributed by atoms with Gasteiger partial charge in [-0.2, -0.15) is 0 Å². The summed E-state index contributed by atoms with van der Waals surface area (Å²) in [5.41, 5.74) is 0. The number of nitrogens with zero attached hydrogens (tertiary/aromatic N) is 2. The molecule has 96 valence electrons. The third-order valence-electron chi connectivity index (χ3n) is 3.69. The third-order valence-corrected chi connectivity index (χ3v) is 3.69. The summed E-state index contributed by atoms with van der Waals surface area (Å²) in [6, 6.07) is 0.400. The molecule has 1 fully saturated rings. The normalized spacial score (nSPS) is 27.7. The predicted molar refractivity (Wildman–Crippen MR) is 67.6 cm³/mol. The van der Waals surface area contributed by atoms with Crippen LogP contribution >= 0.6 is 0 Å². The zero-order valence-corrected chi connectivity index (χ0v) is 10.8. The lowest BCUT2D eigenvalue weighted by Gasteiger charge is -2.25. The van der Waals surface area contributed by atoms with Crippen LogP contribution in [0.1, 0.15) is 50.9 Å². The van der Waals surface area contributed by atoms with E-state index in [-0.39, 0.29) is 18.2 Å². The van der Waals surface area contributed by atoms with Gasteiger partial charge in [0.25, 0.3) is 0 Å². The second-order valence-electron chi connectivity index (χ2n) is 5.10. The molecule has 1 aliphatic rings. The molecule has 4 nitrogen and oxygen atoms in total. The van der Waals surface area contributed by atoms with Crippen molar-refractivity contribution in [2.75, 3.05) is 0 Å². The number of imidazole rings is 1. The van der Waals surface area contributed by atoms with Gasteiger partial charge in [-0.1, -0.05) is 19.3 Å². The monoisotopic (exact) mass is 237 g/mol. The Hall–Kier alpha value is -0.870. The Balaban J connectivity index is 1.97. The third kappa shape index (κ3) is 3.07. The van der Waals surface area contributed by atoms with Crippen molar-refractivity contribution in [3.05, 3.63) is 18.2 Å². The lowest BCUT2D eigenvalue weighted by molar-refractivity contribution is 0.114. The molecule has 4 heteroatoms. The lowest BCUT2D eigenvalue weighted by atomic mass is 10.1. The molecule has 0 bridgehead atoms. The van der Waals surface area contributed by atoms with Crippen molar-refractivity contribution in [2.45, 2.75) is 57.2 Å². The molecule has 2 N–H and O–H groups in total. The molecule has 3 atom stereocenters. The highest BCUT2D eigenvalue weighted by molar-refractivity contribution is 4.98. The fourth-order valence-electron chi connectivity index (χ4n) is 2.67. The van der Waals surface area contributed by atoms with Crippen LogP contribution in [0.15, 0.2) is 12.4 Å². The molecule has 3 unspecified atom stereocenters. The standard InChI is InChI=1S/C13H23N3O/c1-10(13-14-8-9-16(13)2)15-11-6-4-3-5-7-12(11)17/h8-12,15,17H,3-7H2,1-2H3. The van der Waals surface area contributed by atoms with Crippen LogP contribution in [0.3, 0.4) is 0 Å². The lowest BCUT2D eigenvalue weighted by Crippen LogP contribution is -2.41. The Labute approximate surface area is 103 Å². The first-order chi connectivity index (χ1) is 8.18. The summed E-state index contributed by atoms with van der Waals surface area (Å²) in [7, 11) is 2.00. The molecule has 0 radical (unpaired) electrons. The molecule has 1 aromatic rings. The van der Waals surface area contributed by atoms with Gasteiger partial charge in [-0.25, -0.2) is 4.98 Å². The summed E-state index contributed by atoms with van der Waals surface area (Å²) in [6.07, 6.45) is 9.15. The summed E-state index contributed by atoms with van der Waals surface area (Å²) >= 11 is 0. The van der Waals surface area contributed by atoms with Crippen LogP contribution in [0.5, 0.6) is 0 Å². The van der Waals surface area contributed by atoms with E-state index >= 15 is 0 Å². The molecule has 0 aliphatic heterocycles. The maximum atomic E-state index is 10.1. The number of nitrogens with one attached hydrogen (secondary N) is 1. The van der Waals surface area contributed by atoms with E-state index in [1.54, 1.807) is 0 Å². The summed E-state index contributed by atoms with van der Waals surface area (Å²) in [5.74, 6) is 1.03. The van der Waals surface area contributed by atoms with E-state index < -0.39 is 0 Å². The zero-order chi connectivity index (χ0) is 12.3. The van der Waals surface area contributed by atoms with Gasteiger partial charge in [-0.05, 0) is 19.8 Å². The Morgan fingerprint density at radius 1 is 1.41 bits per heavy atom. The molecule has 1 saturated carbocycles. The molecular weight excluding hydrogens is 214 g/mol. The first-order valence-corrected chi connectivity index (χ1v) is 6.60. The van der Waals surface area contributed by atoms with Crippen LogP contribution in [0.25, 0.3) is 0 Å². The summed E-state index contributed by atoms with van der Waals surface area (Å²) in [4.78, 5) is 4.35. The minimum atomic E-state index is -0.208. The fraction of sp³-hybridized carbons (Fsp3) is 0.769. The number of aliphatic hydroxyl groups excluding tert-OH is 1. The van der Waals surface area contributed by atoms with E-state index in [9.17, 15) is 5.11 Å². The van der Waals surface area contributed by atoms with Crippen molar-refractivity contribution in [1.82, 2.24) is 14.9 Å². The molecule has 0 amide bonds. The van der Waals surface area contributed by atoms with Crippen LogP contribution in [0.4, 0.5) is 0 Å². The van der Waals surface area contributed by atoms with Gasteiger partial charge in [0, 0.05) is 25.5 Å². The first kappa shape index (κ1) is 12.6. The van der Waals surface area contributed by atoms with E-state index in [2.05, 4.69) is 17.2 Å². The van der Waals surface area contributed by atoms with Crippen molar-refractivity contribution >= 4 is 0 Å². The molecule has 0 saturated heterocycles. The number of aliphatic hydroxyl groups is 1. The van der Waals surface area contributed by atoms with Gasteiger partial charge in [-0.15, -0.1) is 0 Å². The first-order valence-electron chi connectivity index (χ1n) is 6.60. The predicted octanol–water partition coefficient (Wildman–Crippen LogP) is 1.76. The Morgan fingerprint density at radius 2 is 2.18 bits per heavy atom. The average molecular weight is 237 g/mol. The van der Waals surface area contributed by atoms with Gasteiger partial charge < -0.3 is 15.0 Å². The molecule has 1 aromatic heterocycles. The highest BCUT2D eigenvalue weighted by atomic mass is 16.3. The van der Waals surface area contributed by atoms with Gasteiger partial charge in [0.15, 0.2) is 0 Å². The molecule has 2 rings (SSSR count). The molecule has 1 heterocycles. The van der Waals surface area contributed by atoms with Crippen molar-refractivity contribution < 1.29 is 5.11 Å². The Kier molecular flexibility index (Phi) is 4.18. The van der Waals surface area contributed by atoms with E-state index in [1.165, 1.54) is 12.8 Å². The van der Waals surface area contributed by atoms with Gasteiger partial charge in [0.05, 0.1) is 12.1 Å². The van der Waals surface area contributed by atoms with Gasteiger partial charge in [0.2, 0.25) is 0 Å². The fourth-order valence-corrected chi connectivity index (χ4v) is 2.67. The van der Waals surface area contributed by atoms with Crippen molar-refractivity contribution in [2.24, 2.45) is 7.05 Å². The molecule has 0 aromatic carbocycles. The smallest absolute Gasteiger partial charge is 0.125 e. The number of aromatic nitrogens is 2. The topological polar surface area (TPSA) is 50.1 Å². The second-order valence-corrected chi connectivity index (χ2v) is 5.10. The summed E-state index contributed by atoms with van der Waals surface area (Å²) in [5, 5.41) is 13.6. The molecule has 17 heavy (non-hydrogen) atoms. The largest absolute Gasteiger partial charge is 0.392 e. The number of hydrogen-bond acceptors (Lipinski definition) is 3. The van der Waals surface area contributed by atoms with Crippen LogP contribution in [-0.4, -0.2) is 26.8 Å². The Bertz CT molecular complexity index is 350. The molecule has 1 aliphatic carbocycles. The average Bonchev–Trinajstić information content (AvgIpc) is 2.63. The quantitative estimate of drug-likeness (QED) is 0.788. The van der Waals surface area contributed by atoms with Gasteiger partial charge in [-0.3, -0.25) is 0 Å². The number of hydrogen-bond donors (Lipinski definition) is 2. The minimum Gasteiger partial charge on any atom is -0.392 e. The van der Waals surface area contributed by atoms with Crippen LogP contribution in [-0.2, 0) is 7.05 Å². The van der Waals surface area contributed by atoms with E-state index in [0.717, 1.165) is 25.1 Å². The van der Waals surface area contributed by atoms with Crippen LogP contribution in [0, 0.1) is 0 Å². The van der Waals surface area contributed by atoms with Gasteiger partial charge >= 0.3 is 0 Å². The summed E-state index contributed by atoms with van der Waals surface area (Å²) < 4.78 is 2.03. The van der Waals surface area contributed by atoms with Crippen molar-refractivity contribution in [1.29, 1.82) is 0 Å². The molecular formula is C13H23N3O.